The number of aromatic nitrogens is 2. The first-order valence-corrected chi connectivity index (χ1v) is 10.6. The van der Waals surface area contributed by atoms with Crippen LogP contribution in [0.25, 0.3) is 0 Å². The fourth-order valence-electron chi connectivity index (χ4n) is 3.15. The van der Waals surface area contributed by atoms with Crippen LogP contribution in [0.1, 0.15) is 16.1 Å². The Labute approximate surface area is 208 Å². The van der Waals surface area contributed by atoms with Crippen LogP contribution in [0, 0.1) is 0 Å². The molecule has 36 heavy (non-hydrogen) atoms. The van der Waals surface area contributed by atoms with Gasteiger partial charge in [-0.3, -0.25) is 9.36 Å². The third-order valence-corrected chi connectivity index (χ3v) is 5.00. The van der Waals surface area contributed by atoms with Gasteiger partial charge in [-0.25, -0.2) is 4.79 Å². The Morgan fingerprint density at radius 1 is 1.06 bits per heavy atom. The van der Waals surface area contributed by atoms with Gasteiger partial charge in [0, 0.05) is 18.1 Å². The topological polar surface area (TPSA) is 92.1 Å². The molecule has 0 saturated heterocycles. The molecular weight excluding hydrogens is 507 g/mol. The number of imidazole rings is 1. The highest BCUT2D eigenvalue weighted by molar-refractivity contribution is 6.30. The van der Waals surface area contributed by atoms with Gasteiger partial charge < -0.3 is 23.8 Å². The van der Waals surface area contributed by atoms with Crippen molar-refractivity contribution in [2.75, 3.05) is 32.7 Å². The molecule has 0 aliphatic carbocycles. The number of rotatable bonds is 9. The van der Waals surface area contributed by atoms with Gasteiger partial charge in [0.25, 0.3) is 0 Å². The van der Waals surface area contributed by atoms with Crippen LogP contribution in [-0.2, 0) is 20.8 Å². The van der Waals surface area contributed by atoms with Crippen LogP contribution in [-0.4, -0.2) is 55.7 Å². The number of nitrogens with zero attached hydrogens (tertiary/aromatic N) is 3. The summed E-state index contributed by atoms with van der Waals surface area (Å²) >= 11 is 5.97. The molecule has 13 heteroatoms. The Morgan fingerprint density at radius 2 is 1.72 bits per heavy atom. The molecule has 9 nitrogen and oxygen atoms in total. The van der Waals surface area contributed by atoms with E-state index in [9.17, 15) is 22.8 Å². The number of alkyl halides is 3. The Hall–Kier alpha value is -3.93. The predicted molar refractivity (Wildman–Crippen MR) is 123 cm³/mol. The molecule has 0 spiro atoms. The lowest BCUT2D eigenvalue weighted by molar-refractivity contribution is -0.274. The molecule has 0 atom stereocenters. The summed E-state index contributed by atoms with van der Waals surface area (Å²) in [5.41, 5.74) is 0.639. The van der Waals surface area contributed by atoms with E-state index in [1.54, 1.807) is 24.3 Å². The molecule has 0 fully saturated rings. The lowest BCUT2D eigenvalue weighted by Gasteiger charge is -2.16. The van der Waals surface area contributed by atoms with Crippen molar-refractivity contribution in [3.05, 3.63) is 64.8 Å². The molecule has 1 aromatic heterocycles. The Morgan fingerprint density at radius 3 is 2.33 bits per heavy atom. The quantitative estimate of drug-likeness (QED) is 0.371. The molecule has 0 aliphatic heterocycles. The average molecular weight is 528 g/mol. The first-order valence-electron chi connectivity index (χ1n) is 10.3. The van der Waals surface area contributed by atoms with Gasteiger partial charge in [0.2, 0.25) is 0 Å². The van der Waals surface area contributed by atoms with Crippen molar-refractivity contribution in [2.45, 2.75) is 12.9 Å². The fourth-order valence-corrected chi connectivity index (χ4v) is 3.28. The molecule has 2 aromatic carbocycles. The second-order valence-corrected chi connectivity index (χ2v) is 7.76. The van der Waals surface area contributed by atoms with E-state index in [1.807, 2.05) is 0 Å². The van der Waals surface area contributed by atoms with E-state index in [0.717, 1.165) is 12.1 Å². The number of carbonyl (C=O) groups is 2. The lowest BCUT2D eigenvalue weighted by atomic mass is 10.2. The molecule has 3 aromatic rings. The highest BCUT2D eigenvalue weighted by Crippen LogP contribution is 2.33. The molecule has 0 unspecified atom stereocenters. The van der Waals surface area contributed by atoms with Gasteiger partial charge in [0.05, 0.1) is 20.8 Å². The molecular formula is C23H21ClF3N3O6. The van der Waals surface area contributed by atoms with Crippen LogP contribution in [0.4, 0.5) is 19.0 Å². The maximum Gasteiger partial charge on any atom is 0.573 e. The Balaban J connectivity index is 2.10. The number of likely N-dealkylation sites (N-methyl/N-ethyl adjacent to an activating group) is 1. The predicted octanol–water partition coefficient (Wildman–Crippen LogP) is 4.67. The van der Waals surface area contributed by atoms with Crippen molar-refractivity contribution in [1.82, 2.24) is 9.55 Å². The van der Waals surface area contributed by atoms with Crippen molar-refractivity contribution in [2.24, 2.45) is 0 Å². The number of ether oxygens (including phenoxy) is 4. The van der Waals surface area contributed by atoms with Gasteiger partial charge in [-0.1, -0.05) is 29.8 Å². The van der Waals surface area contributed by atoms with Crippen LogP contribution < -0.4 is 14.4 Å². The summed E-state index contributed by atoms with van der Waals surface area (Å²) in [5, 5.41) is 0.494. The van der Waals surface area contributed by atoms with E-state index < -0.39 is 24.1 Å². The maximum atomic E-state index is 12.8. The molecule has 0 bridgehead atoms. The molecule has 1 heterocycles. The lowest BCUT2D eigenvalue weighted by Crippen LogP contribution is -2.28. The van der Waals surface area contributed by atoms with Gasteiger partial charge in [-0.2, -0.15) is 4.98 Å². The largest absolute Gasteiger partial charge is 0.573 e. The molecule has 192 valence electrons. The number of halogens is 4. The van der Waals surface area contributed by atoms with Gasteiger partial charge in [-0.15, -0.1) is 13.2 Å². The second kappa shape index (κ2) is 11.2. The minimum Gasteiger partial charge on any atom is -0.468 e. The number of esters is 2. The third-order valence-electron chi connectivity index (χ3n) is 4.75. The van der Waals surface area contributed by atoms with E-state index in [-0.39, 0.29) is 36.4 Å². The summed E-state index contributed by atoms with van der Waals surface area (Å²) in [6.45, 7) is -0.207. The summed E-state index contributed by atoms with van der Waals surface area (Å²) in [7, 11) is 3.88. The second-order valence-electron chi connectivity index (χ2n) is 7.33. The van der Waals surface area contributed by atoms with E-state index in [2.05, 4.69) is 14.5 Å². The van der Waals surface area contributed by atoms with Crippen LogP contribution in [0.15, 0.2) is 48.5 Å². The smallest absolute Gasteiger partial charge is 0.468 e. The molecule has 0 amide bonds. The SMILES string of the molecule is COC(=O)CN(C)c1nc(Oc2cccc(OC(F)(F)F)c2)n(Cc2ccc(Cl)cc2)c1C(=O)OC. The van der Waals surface area contributed by atoms with Crippen LogP contribution in [0.5, 0.6) is 17.5 Å². The Bertz CT molecular complexity index is 1230. The summed E-state index contributed by atoms with van der Waals surface area (Å²) < 4.78 is 58.7. The van der Waals surface area contributed by atoms with Crippen molar-refractivity contribution >= 4 is 29.4 Å². The molecule has 3 rings (SSSR count). The van der Waals surface area contributed by atoms with Crippen molar-refractivity contribution in [1.29, 1.82) is 0 Å². The summed E-state index contributed by atoms with van der Waals surface area (Å²) in [4.78, 5) is 30.3. The molecule has 0 N–H and O–H groups in total. The number of hydrogen-bond donors (Lipinski definition) is 0. The standard InChI is InChI=1S/C23H21ClF3N3O6/c1-29(13-18(31)33-2)20-19(21(32)34-3)30(12-14-7-9-15(24)10-8-14)22(28-20)35-16-5-4-6-17(11-16)36-23(25,26)27/h4-11H,12-13H2,1-3H3. The molecule has 0 saturated carbocycles. The highest BCUT2D eigenvalue weighted by Gasteiger charge is 2.32. The van der Waals surface area contributed by atoms with Crippen molar-refractivity contribution in [3.8, 4) is 17.5 Å². The molecule has 0 aliphatic rings. The van der Waals surface area contributed by atoms with Gasteiger partial charge >= 0.3 is 24.3 Å². The van der Waals surface area contributed by atoms with Crippen molar-refractivity contribution in [3.63, 3.8) is 0 Å². The molecule has 0 radical (unpaired) electrons. The number of benzene rings is 2. The van der Waals surface area contributed by atoms with Crippen molar-refractivity contribution < 1.29 is 41.7 Å². The zero-order valence-electron chi connectivity index (χ0n) is 19.3. The Kier molecular flexibility index (Phi) is 8.30. The minimum atomic E-state index is -4.90. The van der Waals surface area contributed by atoms with E-state index >= 15 is 0 Å². The van der Waals surface area contributed by atoms with Gasteiger partial charge in [0.15, 0.2) is 11.5 Å². The zero-order chi connectivity index (χ0) is 26.5. The van der Waals surface area contributed by atoms with E-state index in [1.165, 1.54) is 42.9 Å². The fraction of sp³-hybridized carbons (Fsp3) is 0.261. The minimum absolute atomic E-state index is 0.0268. The van der Waals surface area contributed by atoms with Crippen LogP contribution in [0.3, 0.4) is 0 Å². The maximum absolute atomic E-state index is 12.8. The van der Waals surface area contributed by atoms with Gasteiger partial charge in [0.1, 0.15) is 18.0 Å². The summed E-state index contributed by atoms with van der Waals surface area (Å²) in [5.74, 6) is -1.91. The zero-order valence-corrected chi connectivity index (χ0v) is 20.1. The van der Waals surface area contributed by atoms with Crippen LogP contribution in [0.2, 0.25) is 5.02 Å². The first-order chi connectivity index (χ1) is 17.0. The third kappa shape index (κ3) is 6.81. The number of anilines is 1. The van der Waals surface area contributed by atoms with Crippen LogP contribution >= 0.6 is 11.6 Å². The number of hydrogen-bond acceptors (Lipinski definition) is 8. The summed E-state index contributed by atoms with van der Waals surface area (Å²) in [6, 6.07) is 11.4. The van der Waals surface area contributed by atoms with E-state index in [4.69, 9.17) is 21.1 Å². The van der Waals surface area contributed by atoms with E-state index in [0.29, 0.717) is 10.6 Å². The average Bonchev–Trinajstić information content (AvgIpc) is 3.16. The van der Waals surface area contributed by atoms with Gasteiger partial charge in [-0.05, 0) is 29.8 Å². The number of carbonyl (C=O) groups excluding carboxylic acids is 2. The monoisotopic (exact) mass is 527 g/mol. The first kappa shape index (κ1) is 26.7. The highest BCUT2D eigenvalue weighted by atomic mass is 35.5. The number of methoxy groups -OCH3 is 2. The summed E-state index contributed by atoms with van der Waals surface area (Å²) in [6.07, 6.45) is -4.90. The normalized spacial score (nSPS) is 11.1.